The monoisotopic (exact) mass is 247 g/mol. The molecule has 2 aromatic rings. The van der Waals surface area contributed by atoms with E-state index in [1.807, 2.05) is 13.1 Å². The lowest BCUT2D eigenvalue weighted by Crippen LogP contribution is -2.14. The smallest absolute Gasteiger partial charge is 0.134 e. The molecular weight excluding hydrogens is 230 g/mol. The predicted octanol–water partition coefficient (Wildman–Crippen LogP) is 2.80. The van der Waals surface area contributed by atoms with Crippen LogP contribution in [0.4, 0.5) is 0 Å². The predicted molar refractivity (Wildman–Crippen MR) is 71.2 cm³/mol. The zero-order chi connectivity index (χ0) is 12.1. The highest BCUT2D eigenvalue weighted by Gasteiger charge is 2.12. The molecule has 3 nitrogen and oxygen atoms in total. The average molecular weight is 247 g/mol. The average Bonchev–Trinajstić information content (AvgIpc) is 2.81. The van der Waals surface area contributed by atoms with E-state index >= 15 is 0 Å². The molecule has 1 aromatic carbocycles. The van der Waals surface area contributed by atoms with Gasteiger partial charge in [0, 0.05) is 6.42 Å². The Kier molecular flexibility index (Phi) is 4.23. The van der Waals surface area contributed by atoms with Gasteiger partial charge in [0.25, 0.3) is 0 Å². The van der Waals surface area contributed by atoms with Gasteiger partial charge in [-0.05, 0) is 19.0 Å². The van der Waals surface area contributed by atoms with Gasteiger partial charge in [0.1, 0.15) is 10.0 Å². The molecule has 0 spiro atoms. The van der Waals surface area contributed by atoms with Crippen molar-refractivity contribution in [2.24, 2.45) is 0 Å². The molecule has 1 unspecified atom stereocenters. The van der Waals surface area contributed by atoms with E-state index in [9.17, 15) is 0 Å². The first-order chi connectivity index (χ1) is 8.33. The summed E-state index contributed by atoms with van der Waals surface area (Å²) in [7, 11) is 1.96. The van der Waals surface area contributed by atoms with Crippen molar-refractivity contribution in [3.8, 4) is 0 Å². The number of nitrogens with one attached hydrogen (secondary N) is 1. The largest absolute Gasteiger partial charge is 0.311 e. The second-order valence-corrected chi connectivity index (χ2v) is 5.04. The van der Waals surface area contributed by atoms with Crippen molar-refractivity contribution in [2.75, 3.05) is 7.05 Å². The summed E-state index contributed by atoms with van der Waals surface area (Å²) in [5.74, 6) is 0. The molecule has 0 aliphatic heterocycles. The summed E-state index contributed by atoms with van der Waals surface area (Å²) in [5, 5.41) is 13.9. The van der Waals surface area contributed by atoms with Gasteiger partial charge in [-0.15, -0.1) is 10.2 Å². The second-order valence-electron chi connectivity index (χ2n) is 3.95. The topological polar surface area (TPSA) is 37.8 Å². The summed E-state index contributed by atoms with van der Waals surface area (Å²) in [6.45, 7) is 2.15. The minimum Gasteiger partial charge on any atom is -0.311 e. The highest BCUT2D eigenvalue weighted by atomic mass is 32.1. The van der Waals surface area contributed by atoms with E-state index in [0.717, 1.165) is 22.9 Å². The van der Waals surface area contributed by atoms with E-state index in [-0.39, 0.29) is 0 Å². The molecule has 17 heavy (non-hydrogen) atoms. The Balaban J connectivity index is 2.08. The molecule has 0 aliphatic carbocycles. The summed E-state index contributed by atoms with van der Waals surface area (Å²) in [4.78, 5) is 0. The van der Waals surface area contributed by atoms with Crippen molar-refractivity contribution in [3.63, 3.8) is 0 Å². The fourth-order valence-electron chi connectivity index (χ4n) is 1.75. The maximum Gasteiger partial charge on any atom is 0.134 e. The lowest BCUT2D eigenvalue weighted by atomic mass is 10.2. The zero-order valence-corrected chi connectivity index (χ0v) is 11.0. The van der Waals surface area contributed by atoms with Crippen LogP contribution in [0.1, 0.15) is 35.0 Å². The van der Waals surface area contributed by atoms with E-state index in [4.69, 9.17) is 0 Å². The fourth-order valence-corrected chi connectivity index (χ4v) is 2.82. The van der Waals surface area contributed by atoms with Crippen LogP contribution in [0.2, 0.25) is 0 Å². The molecular formula is C13H17N3S. The van der Waals surface area contributed by atoms with E-state index in [0.29, 0.717) is 6.04 Å². The van der Waals surface area contributed by atoms with E-state index in [1.165, 1.54) is 5.56 Å². The van der Waals surface area contributed by atoms with E-state index < -0.39 is 0 Å². The Hall–Kier alpha value is -1.26. The van der Waals surface area contributed by atoms with Gasteiger partial charge >= 0.3 is 0 Å². The SMILES string of the molecule is CCC(NC)c1nnc(Cc2ccccc2)s1. The molecule has 0 saturated heterocycles. The Morgan fingerprint density at radius 1 is 1.24 bits per heavy atom. The van der Waals surface area contributed by atoms with Crippen molar-refractivity contribution in [2.45, 2.75) is 25.8 Å². The van der Waals surface area contributed by atoms with Crippen molar-refractivity contribution in [3.05, 3.63) is 45.9 Å². The normalized spacial score (nSPS) is 12.6. The summed E-state index contributed by atoms with van der Waals surface area (Å²) in [6, 6.07) is 10.7. The highest BCUT2D eigenvalue weighted by molar-refractivity contribution is 7.11. The molecule has 2 rings (SSSR count). The van der Waals surface area contributed by atoms with Crippen LogP contribution in [0.5, 0.6) is 0 Å². The third kappa shape index (κ3) is 3.11. The summed E-state index contributed by atoms with van der Waals surface area (Å²) >= 11 is 1.70. The van der Waals surface area contributed by atoms with Crippen LogP contribution in [-0.2, 0) is 6.42 Å². The van der Waals surface area contributed by atoms with Crippen molar-refractivity contribution in [1.29, 1.82) is 0 Å². The molecule has 0 radical (unpaired) electrons. The molecule has 1 heterocycles. The molecule has 1 atom stereocenters. The molecule has 0 fully saturated rings. The van der Waals surface area contributed by atoms with Crippen molar-refractivity contribution >= 4 is 11.3 Å². The number of aromatic nitrogens is 2. The molecule has 4 heteroatoms. The summed E-state index contributed by atoms with van der Waals surface area (Å²) < 4.78 is 0. The van der Waals surface area contributed by atoms with Crippen LogP contribution < -0.4 is 5.32 Å². The second kappa shape index (κ2) is 5.89. The third-order valence-corrected chi connectivity index (χ3v) is 3.77. The molecule has 1 N–H and O–H groups in total. The first-order valence-electron chi connectivity index (χ1n) is 5.87. The maximum absolute atomic E-state index is 4.26. The van der Waals surface area contributed by atoms with E-state index in [2.05, 4.69) is 46.7 Å². The molecule has 0 aliphatic rings. The van der Waals surface area contributed by atoms with Crippen LogP contribution in [0, 0.1) is 0 Å². The number of nitrogens with zero attached hydrogens (tertiary/aromatic N) is 2. The zero-order valence-electron chi connectivity index (χ0n) is 10.2. The fraction of sp³-hybridized carbons (Fsp3) is 0.385. The van der Waals surface area contributed by atoms with Gasteiger partial charge in [-0.3, -0.25) is 0 Å². The van der Waals surface area contributed by atoms with Crippen LogP contribution in [0.25, 0.3) is 0 Å². The number of hydrogen-bond donors (Lipinski definition) is 1. The standard InChI is InChI=1S/C13H17N3S/c1-3-11(14-2)13-16-15-12(17-13)9-10-7-5-4-6-8-10/h4-8,11,14H,3,9H2,1-2H3. The van der Waals surface area contributed by atoms with Gasteiger partial charge in [-0.25, -0.2) is 0 Å². The number of hydrogen-bond acceptors (Lipinski definition) is 4. The van der Waals surface area contributed by atoms with Crippen molar-refractivity contribution < 1.29 is 0 Å². The molecule has 0 bridgehead atoms. The minimum atomic E-state index is 0.331. The van der Waals surface area contributed by atoms with Gasteiger partial charge < -0.3 is 5.32 Å². The minimum absolute atomic E-state index is 0.331. The highest BCUT2D eigenvalue weighted by Crippen LogP contribution is 2.21. The molecule has 0 amide bonds. The summed E-state index contributed by atoms with van der Waals surface area (Å²) in [5.41, 5.74) is 1.28. The van der Waals surface area contributed by atoms with Crippen LogP contribution in [0.15, 0.2) is 30.3 Å². The first kappa shape index (κ1) is 12.2. The van der Waals surface area contributed by atoms with Gasteiger partial charge in [-0.1, -0.05) is 48.6 Å². The number of benzene rings is 1. The number of rotatable bonds is 5. The molecule has 90 valence electrons. The van der Waals surface area contributed by atoms with Gasteiger partial charge in [0.15, 0.2) is 0 Å². The lowest BCUT2D eigenvalue weighted by Gasteiger charge is -2.07. The quantitative estimate of drug-likeness (QED) is 0.883. The molecule has 0 saturated carbocycles. The first-order valence-corrected chi connectivity index (χ1v) is 6.68. The lowest BCUT2D eigenvalue weighted by molar-refractivity contribution is 0.568. The molecule has 1 aromatic heterocycles. The Labute approximate surface area is 106 Å². The van der Waals surface area contributed by atoms with Crippen LogP contribution in [-0.4, -0.2) is 17.2 Å². The maximum atomic E-state index is 4.26. The van der Waals surface area contributed by atoms with Gasteiger partial charge in [0.05, 0.1) is 6.04 Å². The van der Waals surface area contributed by atoms with Gasteiger partial charge in [0.2, 0.25) is 0 Å². The third-order valence-electron chi connectivity index (χ3n) is 2.74. The van der Waals surface area contributed by atoms with Crippen LogP contribution >= 0.6 is 11.3 Å². The summed E-state index contributed by atoms with van der Waals surface area (Å²) in [6.07, 6.45) is 1.91. The Morgan fingerprint density at radius 3 is 2.65 bits per heavy atom. The van der Waals surface area contributed by atoms with E-state index in [1.54, 1.807) is 11.3 Å². The van der Waals surface area contributed by atoms with Gasteiger partial charge in [-0.2, -0.15) is 0 Å². The van der Waals surface area contributed by atoms with Crippen molar-refractivity contribution in [1.82, 2.24) is 15.5 Å². The Morgan fingerprint density at radius 2 is 2.00 bits per heavy atom. The Bertz CT molecular complexity index is 449. The van der Waals surface area contributed by atoms with Crippen LogP contribution in [0.3, 0.4) is 0 Å².